The van der Waals surface area contributed by atoms with Gasteiger partial charge in [0.15, 0.2) is 0 Å². The molecule has 0 unspecified atom stereocenters. The van der Waals surface area contributed by atoms with E-state index >= 15 is 0 Å². The third-order valence-corrected chi connectivity index (χ3v) is 3.67. The second-order valence-corrected chi connectivity index (χ2v) is 5.36. The van der Waals surface area contributed by atoms with Gasteiger partial charge in [-0.15, -0.1) is 0 Å². The number of rotatable bonds is 4. The minimum atomic E-state index is -0.394. The number of methoxy groups -OCH3 is 1. The first-order valence-electron chi connectivity index (χ1n) is 7.42. The summed E-state index contributed by atoms with van der Waals surface area (Å²) in [5.41, 5.74) is 0.340. The van der Waals surface area contributed by atoms with Gasteiger partial charge in [0.05, 0.1) is 12.7 Å². The quantitative estimate of drug-likeness (QED) is 0.711. The van der Waals surface area contributed by atoms with Crippen molar-refractivity contribution in [3.8, 4) is 17.1 Å². The maximum Gasteiger partial charge on any atom is 0.330 e. The van der Waals surface area contributed by atoms with Gasteiger partial charge in [0.1, 0.15) is 5.75 Å². The predicted octanol–water partition coefficient (Wildman–Crippen LogP) is 1.31. The molecule has 0 bridgehead atoms. The number of hydrogen-bond acceptors (Lipinski definition) is 6. The molecule has 2 aromatic heterocycles. The van der Waals surface area contributed by atoms with Gasteiger partial charge in [0.25, 0.3) is 11.4 Å². The van der Waals surface area contributed by atoms with Crippen LogP contribution in [0.5, 0.6) is 5.75 Å². The molecule has 8 nitrogen and oxygen atoms in total. The van der Waals surface area contributed by atoms with Crippen molar-refractivity contribution in [3.63, 3.8) is 0 Å². The molecule has 0 N–H and O–H groups in total. The highest BCUT2D eigenvalue weighted by Crippen LogP contribution is 2.20. The second kappa shape index (κ2) is 6.60. The third-order valence-electron chi connectivity index (χ3n) is 3.67. The molecule has 0 radical (unpaired) electrons. The van der Waals surface area contributed by atoms with Gasteiger partial charge in [-0.1, -0.05) is 5.16 Å². The van der Waals surface area contributed by atoms with Crippen LogP contribution in [0.15, 0.2) is 44.6 Å². The minimum Gasteiger partial charge on any atom is -0.497 e. The Hall–Kier alpha value is -3.42. The first-order chi connectivity index (χ1) is 12.0. The Labute approximate surface area is 142 Å². The molecule has 25 heavy (non-hydrogen) atoms. The van der Waals surface area contributed by atoms with E-state index in [1.165, 1.54) is 30.0 Å². The molecule has 8 heteroatoms. The Kier molecular flexibility index (Phi) is 4.34. The summed E-state index contributed by atoms with van der Waals surface area (Å²) < 4.78 is 12.6. The zero-order valence-electron chi connectivity index (χ0n) is 14.0. The van der Waals surface area contributed by atoms with Crippen LogP contribution in [0.4, 0.5) is 0 Å². The second-order valence-electron chi connectivity index (χ2n) is 5.36. The predicted molar refractivity (Wildman–Crippen MR) is 92.1 cm³/mol. The Morgan fingerprint density at radius 2 is 1.84 bits per heavy atom. The minimum absolute atomic E-state index is 0.252. The number of aryl methyl sites for hydroxylation is 1. The van der Waals surface area contributed by atoms with E-state index in [9.17, 15) is 9.59 Å². The van der Waals surface area contributed by atoms with E-state index in [0.29, 0.717) is 11.4 Å². The van der Waals surface area contributed by atoms with E-state index < -0.39 is 5.56 Å². The Bertz CT molecular complexity index is 1040. The fourth-order valence-corrected chi connectivity index (χ4v) is 2.27. The molecule has 0 aliphatic carbocycles. The lowest BCUT2D eigenvalue weighted by Gasteiger charge is -2.02. The summed E-state index contributed by atoms with van der Waals surface area (Å²) in [5, 5.41) is 3.91. The number of ether oxygens (including phenoxy) is 1. The molecule has 0 spiro atoms. The van der Waals surface area contributed by atoms with Crippen molar-refractivity contribution < 1.29 is 9.26 Å². The average Bonchev–Trinajstić information content (AvgIpc) is 3.11. The molecule has 128 valence electrons. The maximum absolute atomic E-state index is 12.1. The van der Waals surface area contributed by atoms with E-state index in [4.69, 9.17) is 9.26 Å². The van der Waals surface area contributed by atoms with Crippen molar-refractivity contribution >= 4 is 12.2 Å². The summed E-state index contributed by atoms with van der Waals surface area (Å²) in [5.74, 6) is 1.41. The Morgan fingerprint density at radius 1 is 1.12 bits per heavy atom. The van der Waals surface area contributed by atoms with Crippen molar-refractivity contribution in [2.75, 3.05) is 7.11 Å². The monoisotopic (exact) mass is 340 g/mol. The zero-order valence-corrected chi connectivity index (χ0v) is 14.0. The molecular weight excluding hydrogens is 324 g/mol. The highest BCUT2D eigenvalue weighted by Gasteiger charge is 2.08. The third kappa shape index (κ3) is 3.27. The largest absolute Gasteiger partial charge is 0.497 e. The lowest BCUT2D eigenvalue weighted by Crippen LogP contribution is -2.37. The van der Waals surface area contributed by atoms with Crippen LogP contribution < -0.4 is 16.0 Å². The number of nitrogens with zero attached hydrogens (tertiary/aromatic N) is 4. The molecule has 3 rings (SSSR count). The number of benzene rings is 1. The van der Waals surface area contributed by atoms with E-state index in [-0.39, 0.29) is 11.6 Å². The smallest absolute Gasteiger partial charge is 0.330 e. The molecule has 0 amide bonds. The van der Waals surface area contributed by atoms with E-state index in [1.54, 1.807) is 26.3 Å². The van der Waals surface area contributed by atoms with Crippen LogP contribution >= 0.6 is 0 Å². The van der Waals surface area contributed by atoms with Crippen LogP contribution in [0.25, 0.3) is 23.5 Å². The summed E-state index contributed by atoms with van der Waals surface area (Å²) in [6.07, 6.45) is 4.52. The standard InChI is InChI=1S/C17H16N4O4/c1-20-10-12(16(22)21(2)17(20)23)6-9-14-18-15(19-25-14)11-4-7-13(24-3)8-5-11/h4-10H,1-3H3/b9-6-. The number of hydrogen-bond donors (Lipinski definition) is 0. The van der Waals surface area contributed by atoms with Gasteiger partial charge < -0.3 is 13.8 Å². The zero-order chi connectivity index (χ0) is 18.0. The van der Waals surface area contributed by atoms with Crippen molar-refractivity contribution in [1.29, 1.82) is 0 Å². The molecule has 0 saturated heterocycles. The van der Waals surface area contributed by atoms with Crippen LogP contribution in [-0.4, -0.2) is 26.4 Å². The SMILES string of the molecule is COc1ccc(-c2noc(/C=C\c3cn(C)c(=O)n(C)c3=O)n2)cc1. The van der Waals surface area contributed by atoms with E-state index in [0.717, 1.165) is 15.9 Å². The van der Waals surface area contributed by atoms with Crippen LogP contribution in [0.1, 0.15) is 11.5 Å². The van der Waals surface area contributed by atoms with Gasteiger partial charge in [0.2, 0.25) is 5.82 Å². The van der Waals surface area contributed by atoms with Gasteiger partial charge in [-0.2, -0.15) is 4.98 Å². The summed E-state index contributed by atoms with van der Waals surface area (Å²) in [6, 6.07) is 7.24. The van der Waals surface area contributed by atoms with Crippen LogP contribution in [0, 0.1) is 0 Å². The van der Waals surface area contributed by atoms with Crippen LogP contribution in [0.3, 0.4) is 0 Å². The lowest BCUT2D eigenvalue weighted by molar-refractivity contribution is 0.411. The van der Waals surface area contributed by atoms with Crippen molar-refractivity contribution in [3.05, 3.63) is 62.8 Å². The topological polar surface area (TPSA) is 92.2 Å². The van der Waals surface area contributed by atoms with Gasteiger partial charge in [0, 0.05) is 31.9 Å². The van der Waals surface area contributed by atoms with Gasteiger partial charge in [-0.05, 0) is 30.3 Å². The van der Waals surface area contributed by atoms with Gasteiger partial charge in [-0.25, -0.2) is 4.79 Å². The summed E-state index contributed by atoms with van der Waals surface area (Å²) in [7, 11) is 4.60. The summed E-state index contributed by atoms with van der Waals surface area (Å²) in [6.45, 7) is 0. The molecule has 0 atom stereocenters. The molecule has 1 aromatic carbocycles. The molecule has 0 saturated carbocycles. The molecule has 0 fully saturated rings. The average molecular weight is 340 g/mol. The highest BCUT2D eigenvalue weighted by molar-refractivity contribution is 5.66. The van der Waals surface area contributed by atoms with Gasteiger partial charge in [-0.3, -0.25) is 9.36 Å². The van der Waals surface area contributed by atoms with Crippen molar-refractivity contribution in [1.82, 2.24) is 19.3 Å². The summed E-state index contributed by atoms with van der Waals surface area (Å²) >= 11 is 0. The molecule has 3 aromatic rings. The van der Waals surface area contributed by atoms with Crippen LogP contribution in [0.2, 0.25) is 0 Å². The Morgan fingerprint density at radius 3 is 2.52 bits per heavy atom. The van der Waals surface area contributed by atoms with Crippen LogP contribution in [-0.2, 0) is 14.1 Å². The first kappa shape index (κ1) is 16.4. The number of aromatic nitrogens is 4. The van der Waals surface area contributed by atoms with Crippen molar-refractivity contribution in [2.24, 2.45) is 14.1 Å². The van der Waals surface area contributed by atoms with Crippen molar-refractivity contribution in [2.45, 2.75) is 0 Å². The van der Waals surface area contributed by atoms with E-state index in [1.807, 2.05) is 12.1 Å². The maximum atomic E-state index is 12.1. The molecular formula is C17H16N4O4. The molecule has 0 aliphatic heterocycles. The normalized spacial score (nSPS) is 11.2. The lowest BCUT2D eigenvalue weighted by atomic mass is 10.2. The molecule has 2 heterocycles. The van der Waals surface area contributed by atoms with E-state index in [2.05, 4.69) is 10.1 Å². The fourth-order valence-electron chi connectivity index (χ4n) is 2.27. The Balaban J connectivity index is 1.87. The first-order valence-corrected chi connectivity index (χ1v) is 7.42. The fraction of sp³-hybridized carbons (Fsp3) is 0.176. The molecule has 0 aliphatic rings. The summed E-state index contributed by atoms with van der Waals surface area (Å²) in [4.78, 5) is 28.0. The highest BCUT2D eigenvalue weighted by atomic mass is 16.5. The van der Waals surface area contributed by atoms with Gasteiger partial charge >= 0.3 is 5.69 Å².